The largest absolute Gasteiger partial charge is 0.501 e. The van der Waals surface area contributed by atoms with Crippen LogP contribution in [-0.2, 0) is 17.9 Å². The monoisotopic (exact) mass is 481 g/mol. The Bertz CT molecular complexity index is 1320. The molecule has 1 aromatic heterocycles. The van der Waals surface area contributed by atoms with Crippen molar-refractivity contribution in [2.24, 2.45) is 0 Å². The first-order chi connectivity index (χ1) is 16.0. The van der Waals surface area contributed by atoms with E-state index in [1.54, 1.807) is 31.4 Å². The third-order valence-corrected chi connectivity index (χ3v) is 6.68. The van der Waals surface area contributed by atoms with E-state index < -0.39 is 11.3 Å². The number of allylic oxidation sites excluding steroid dienone is 1. The van der Waals surface area contributed by atoms with E-state index in [-0.39, 0.29) is 24.9 Å². The molecule has 1 atom stereocenters. The summed E-state index contributed by atoms with van der Waals surface area (Å²) in [7, 11) is 1.57. The predicted octanol–water partition coefficient (Wildman–Crippen LogP) is 4.14. The third kappa shape index (κ3) is 4.05. The van der Waals surface area contributed by atoms with Gasteiger partial charge in [-0.05, 0) is 41.3 Å². The van der Waals surface area contributed by atoms with Gasteiger partial charge in [-0.2, -0.15) is 19.3 Å². The summed E-state index contributed by atoms with van der Waals surface area (Å²) in [5.74, 6) is 0.975. The minimum Gasteiger partial charge on any atom is -0.497 e. The van der Waals surface area contributed by atoms with E-state index in [0.717, 1.165) is 5.56 Å². The molecule has 0 saturated carbocycles. The molecule has 2 aliphatic heterocycles. The summed E-state index contributed by atoms with van der Waals surface area (Å²) in [5.41, 5.74) is 2.03. The maximum absolute atomic E-state index is 13.4. The lowest BCUT2D eigenvalue weighted by molar-refractivity contribution is -0.458. The van der Waals surface area contributed by atoms with E-state index in [1.807, 2.05) is 35.7 Å². The number of urea groups is 1. The molecule has 2 aliphatic rings. The Balaban J connectivity index is 1.44. The molecule has 3 heterocycles. The normalized spacial score (nSPS) is 17.6. The van der Waals surface area contributed by atoms with Crippen molar-refractivity contribution in [3.63, 3.8) is 0 Å². The van der Waals surface area contributed by atoms with E-state index in [1.165, 1.54) is 21.2 Å². The molecule has 10 heteroatoms. The van der Waals surface area contributed by atoms with E-state index >= 15 is 0 Å². The molecule has 3 amide bonds. The fourth-order valence-electron chi connectivity index (χ4n) is 3.72. The lowest BCUT2D eigenvalue weighted by Crippen LogP contribution is -2.54. The maximum atomic E-state index is 13.4. The van der Waals surface area contributed by atoms with Crippen LogP contribution in [-0.4, -0.2) is 49.6 Å². The Hall–Kier alpha value is -3.43. The number of ether oxygens (including phenoxy) is 1. The second kappa shape index (κ2) is 8.84. The van der Waals surface area contributed by atoms with E-state index in [9.17, 15) is 9.59 Å². The number of rotatable bonds is 6. The van der Waals surface area contributed by atoms with Gasteiger partial charge in [0.2, 0.25) is 5.82 Å². The second-order valence-corrected chi connectivity index (χ2v) is 8.80. The number of hydrogen-bond acceptors (Lipinski definition) is 7. The summed E-state index contributed by atoms with van der Waals surface area (Å²) in [6.07, 6.45) is 1.78. The summed E-state index contributed by atoms with van der Waals surface area (Å²) in [5, 5.41) is 5.82. The number of hydrogen-bond donors (Lipinski definition) is 0. The molecule has 8 nitrogen and oxygen atoms in total. The zero-order valence-corrected chi connectivity index (χ0v) is 19.0. The summed E-state index contributed by atoms with van der Waals surface area (Å²) in [6, 6.07) is 14.0. The highest BCUT2D eigenvalue weighted by Crippen LogP contribution is 2.30. The zero-order chi connectivity index (χ0) is 22.9. The average molecular weight is 482 g/mol. The van der Waals surface area contributed by atoms with E-state index in [0.29, 0.717) is 27.9 Å². The molecule has 0 bridgehead atoms. The van der Waals surface area contributed by atoms with Gasteiger partial charge in [0.15, 0.2) is 11.8 Å². The average Bonchev–Trinajstić information content (AvgIpc) is 3.50. The number of benzene rings is 2. The van der Waals surface area contributed by atoms with E-state index in [4.69, 9.17) is 20.9 Å². The molecule has 0 spiro atoms. The Morgan fingerprint density at radius 3 is 2.88 bits per heavy atom. The molecule has 33 heavy (non-hydrogen) atoms. The van der Waals surface area contributed by atoms with Crippen molar-refractivity contribution in [3.05, 3.63) is 76.5 Å². The minimum atomic E-state index is -0.501. The van der Waals surface area contributed by atoms with E-state index in [2.05, 4.69) is 10.1 Å². The molecular weight excluding hydrogens is 464 g/mol. The molecular formula is C23H18ClN4O4S+. The number of amides is 3. The van der Waals surface area contributed by atoms with Gasteiger partial charge in [-0.15, -0.1) is 11.8 Å². The van der Waals surface area contributed by atoms with Crippen LogP contribution in [0.1, 0.15) is 11.5 Å². The zero-order valence-electron chi connectivity index (χ0n) is 17.5. The smallest absolute Gasteiger partial charge is 0.497 e. The fraction of sp³-hybridized carbons (Fsp3) is 0.174. The van der Waals surface area contributed by atoms with Crippen molar-refractivity contribution in [1.82, 2.24) is 15.0 Å². The molecule has 2 aromatic carbocycles. The van der Waals surface area contributed by atoms with Gasteiger partial charge in [-0.3, -0.25) is 0 Å². The highest BCUT2D eigenvalue weighted by atomic mass is 35.5. The third-order valence-electron chi connectivity index (χ3n) is 5.34. The molecule has 3 aromatic rings. The molecule has 5 rings (SSSR count). The number of carbonyl (C=O) groups excluding carboxylic acids is 2. The SMILES string of the molecule is COc1cccc(CN2C(=O)C3SC=CC3=[N+](Cc3nc(-c4ccccc4Cl)no3)C2=O)c1. The van der Waals surface area contributed by atoms with Crippen LogP contribution < -0.4 is 4.74 Å². The van der Waals surface area contributed by atoms with Crippen molar-refractivity contribution in [1.29, 1.82) is 0 Å². The molecule has 1 unspecified atom stereocenters. The first-order valence-corrected chi connectivity index (χ1v) is 11.4. The number of halogens is 1. The number of aromatic nitrogens is 2. The second-order valence-electron chi connectivity index (χ2n) is 7.38. The van der Waals surface area contributed by atoms with Crippen molar-refractivity contribution in [2.45, 2.75) is 18.3 Å². The van der Waals surface area contributed by atoms with Crippen molar-refractivity contribution in [2.75, 3.05) is 7.11 Å². The molecule has 0 N–H and O–H groups in total. The van der Waals surface area contributed by atoms with Crippen LogP contribution in [0, 0.1) is 0 Å². The van der Waals surface area contributed by atoms with Crippen LogP contribution >= 0.6 is 23.4 Å². The van der Waals surface area contributed by atoms with Gasteiger partial charge in [0.1, 0.15) is 18.0 Å². The standard InChI is InChI=1S/C23H18ClN4O4S/c1-31-15-6-4-5-14(11-15)12-28-22(29)20-18(9-10-33-20)27(23(28)30)13-19-25-21(26-32-19)16-7-2-3-8-17(16)24/h2-11,20H,12-13H2,1H3/q+1. The summed E-state index contributed by atoms with van der Waals surface area (Å²) in [4.78, 5) is 32.2. The number of methoxy groups -OCH3 is 1. The van der Waals surface area contributed by atoms with Crippen molar-refractivity contribution >= 4 is 41.0 Å². The quantitative estimate of drug-likeness (QED) is 0.489. The Labute approximate surface area is 198 Å². The molecule has 166 valence electrons. The van der Waals surface area contributed by atoms with Crippen LogP contribution in [0.15, 0.2) is 64.5 Å². The number of nitrogens with zero attached hydrogens (tertiary/aromatic N) is 4. The summed E-state index contributed by atoms with van der Waals surface area (Å²) < 4.78 is 12.2. The minimum absolute atomic E-state index is 0.0366. The van der Waals surface area contributed by atoms with Gasteiger partial charge in [0.25, 0.3) is 5.89 Å². The fourth-order valence-corrected chi connectivity index (χ4v) is 4.90. The van der Waals surface area contributed by atoms with Crippen LogP contribution in [0.25, 0.3) is 11.4 Å². The summed E-state index contributed by atoms with van der Waals surface area (Å²) >= 11 is 7.60. The first kappa shape index (κ1) is 21.4. The van der Waals surface area contributed by atoms with Gasteiger partial charge in [0, 0.05) is 5.56 Å². The molecule has 0 saturated heterocycles. The number of fused-ring (bicyclic) bond motifs is 1. The molecule has 0 aliphatic carbocycles. The Morgan fingerprint density at radius 2 is 2.06 bits per heavy atom. The van der Waals surface area contributed by atoms with Crippen molar-refractivity contribution in [3.8, 4) is 17.1 Å². The van der Waals surface area contributed by atoms with Crippen molar-refractivity contribution < 1.29 is 23.4 Å². The number of thioether (sulfide) groups is 1. The van der Waals surface area contributed by atoms with Gasteiger partial charge < -0.3 is 9.26 Å². The Morgan fingerprint density at radius 1 is 1.21 bits per heavy atom. The Kier molecular flexibility index (Phi) is 5.74. The topological polar surface area (TPSA) is 88.5 Å². The number of carbonyl (C=O) groups is 2. The van der Waals surface area contributed by atoms with Gasteiger partial charge in [-0.1, -0.05) is 41.0 Å². The lowest BCUT2D eigenvalue weighted by atomic mass is 10.1. The van der Waals surface area contributed by atoms with Gasteiger partial charge >= 0.3 is 11.9 Å². The molecule has 0 fully saturated rings. The summed E-state index contributed by atoms with van der Waals surface area (Å²) in [6.45, 7) is 0.166. The first-order valence-electron chi connectivity index (χ1n) is 10.1. The van der Waals surface area contributed by atoms with Crippen LogP contribution in [0.2, 0.25) is 5.02 Å². The lowest BCUT2D eigenvalue weighted by Gasteiger charge is -2.23. The predicted molar refractivity (Wildman–Crippen MR) is 123 cm³/mol. The highest BCUT2D eigenvalue weighted by Gasteiger charge is 2.49. The highest BCUT2D eigenvalue weighted by molar-refractivity contribution is 8.04. The number of imide groups is 1. The van der Waals surface area contributed by atoms with Crippen LogP contribution in [0.3, 0.4) is 0 Å². The maximum Gasteiger partial charge on any atom is 0.501 e. The van der Waals surface area contributed by atoms with Gasteiger partial charge in [0.05, 0.1) is 12.1 Å². The molecule has 0 radical (unpaired) electrons. The van der Waals surface area contributed by atoms with Crippen LogP contribution in [0.5, 0.6) is 5.75 Å². The van der Waals surface area contributed by atoms with Gasteiger partial charge in [-0.25, -0.2) is 4.79 Å². The van der Waals surface area contributed by atoms with Crippen LogP contribution in [0.4, 0.5) is 4.79 Å².